The number of furan rings is 1. The lowest BCUT2D eigenvalue weighted by Gasteiger charge is -2.04. The summed E-state index contributed by atoms with van der Waals surface area (Å²) in [6.45, 7) is 3.33. The molecule has 0 amide bonds. The average molecular weight is 245 g/mol. The normalized spacial score (nSPS) is 16.3. The van der Waals surface area contributed by atoms with Gasteiger partial charge in [0.15, 0.2) is 5.76 Å². The third-order valence-corrected chi connectivity index (χ3v) is 2.94. The molecule has 0 aromatic carbocycles. The Morgan fingerprint density at radius 1 is 1.22 bits per heavy atom. The molecule has 1 fully saturated rings. The van der Waals surface area contributed by atoms with Gasteiger partial charge in [0.1, 0.15) is 5.76 Å². The Morgan fingerprint density at radius 2 is 2.06 bits per heavy atom. The van der Waals surface area contributed by atoms with Gasteiger partial charge in [-0.3, -0.25) is 4.98 Å². The smallest absolute Gasteiger partial charge is 0.217 e. The molecule has 3 rings (SSSR count). The number of aryl methyl sites for hydroxylation is 1. The fourth-order valence-electron chi connectivity index (χ4n) is 1.98. The Bertz CT molecular complexity index is 529. The zero-order chi connectivity index (χ0) is 12.4. The molecule has 4 heteroatoms. The van der Waals surface area contributed by atoms with E-state index in [0.717, 1.165) is 29.2 Å². The minimum absolute atomic E-state index is 0.355. The van der Waals surface area contributed by atoms with Gasteiger partial charge >= 0.3 is 0 Å². The van der Waals surface area contributed by atoms with E-state index in [-0.39, 0.29) is 6.29 Å². The van der Waals surface area contributed by atoms with E-state index in [1.165, 1.54) is 0 Å². The maximum atomic E-state index is 5.78. The number of hydrogen-bond acceptors (Lipinski definition) is 4. The molecule has 18 heavy (non-hydrogen) atoms. The Morgan fingerprint density at radius 3 is 2.83 bits per heavy atom. The monoisotopic (exact) mass is 245 g/mol. The zero-order valence-corrected chi connectivity index (χ0v) is 10.3. The summed E-state index contributed by atoms with van der Waals surface area (Å²) >= 11 is 0. The average Bonchev–Trinajstić information content (AvgIpc) is 3.09. The summed E-state index contributed by atoms with van der Waals surface area (Å²) < 4.78 is 16.6. The quantitative estimate of drug-likeness (QED) is 0.834. The summed E-state index contributed by atoms with van der Waals surface area (Å²) in [4.78, 5) is 4.28. The minimum Gasteiger partial charge on any atom is -0.456 e. The van der Waals surface area contributed by atoms with Crippen molar-refractivity contribution < 1.29 is 13.9 Å². The van der Waals surface area contributed by atoms with Crippen LogP contribution in [0.2, 0.25) is 0 Å². The van der Waals surface area contributed by atoms with E-state index >= 15 is 0 Å². The molecule has 0 N–H and O–H groups in total. The molecular weight excluding hydrogens is 230 g/mol. The molecule has 1 aliphatic heterocycles. The van der Waals surface area contributed by atoms with Crippen molar-refractivity contribution in [2.75, 3.05) is 13.2 Å². The largest absolute Gasteiger partial charge is 0.456 e. The van der Waals surface area contributed by atoms with Gasteiger partial charge in [0, 0.05) is 17.5 Å². The van der Waals surface area contributed by atoms with Crippen molar-refractivity contribution in [3.05, 3.63) is 41.9 Å². The summed E-state index contributed by atoms with van der Waals surface area (Å²) in [5, 5.41) is 0. The van der Waals surface area contributed by atoms with Crippen LogP contribution < -0.4 is 0 Å². The van der Waals surface area contributed by atoms with Crippen LogP contribution >= 0.6 is 0 Å². The first-order valence-corrected chi connectivity index (χ1v) is 6.15. The molecule has 94 valence electrons. The van der Waals surface area contributed by atoms with Gasteiger partial charge in [-0.1, -0.05) is 6.92 Å². The van der Waals surface area contributed by atoms with Crippen molar-refractivity contribution in [2.24, 2.45) is 0 Å². The van der Waals surface area contributed by atoms with Crippen LogP contribution in [0.25, 0.3) is 11.3 Å². The van der Waals surface area contributed by atoms with Gasteiger partial charge in [-0.05, 0) is 30.7 Å². The third-order valence-electron chi connectivity index (χ3n) is 2.94. The van der Waals surface area contributed by atoms with Gasteiger partial charge < -0.3 is 13.9 Å². The van der Waals surface area contributed by atoms with E-state index in [0.29, 0.717) is 13.2 Å². The predicted octanol–water partition coefficient (Wildman–Crippen LogP) is 2.95. The van der Waals surface area contributed by atoms with Crippen molar-refractivity contribution in [3.63, 3.8) is 0 Å². The second-order valence-electron chi connectivity index (χ2n) is 4.16. The van der Waals surface area contributed by atoms with E-state index in [1.807, 2.05) is 24.3 Å². The standard InChI is InChI=1S/C14H15NO3/c1-2-11-9-10(5-6-15-11)12-3-4-13(18-12)14-16-7-8-17-14/h3-6,9,14H,2,7-8H2,1H3. The molecular formula is C14H15NO3. The van der Waals surface area contributed by atoms with Crippen LogP contribution in [-0.2, 0) is 15.9 Å². The lowest BCUT2D eigenvalue weighted by molar-refractivity contribution is -0.0585. The van der Waals surface area contributed by atoms with Gasteiger partial charge in [0.05, 0.1) is 13.2 Å². The number of ether oxygens (including phenoxy) is 2. The van der Waals surface area contributed by atoms with Crippen LogP contribution in [0.1, 0.15) is 24.7 Å². The van der Waals surface area contributed by atoms with Crippen molar-refractivity contribution >= 4 is 0 Å². The lowest BCUT2D eigenvalue weighted by atomic mass is 10.1. The highest BCUT2D eigenvalue weighted by Crippen LogP contribution is 2.29. The zero-order valence-electron chi connectivity index (χ0n) is 10.3. The second kappa shape index (κ2) is 4.92. The summed E-state index contributed by atoms with van der Waals surface area (Å²) in [5.74, 6) is 1.54. The Hall–Kier alpha value is -1.65. The van der Waals surface area contributed by atoms with E-state index < -0.39 is 0 Å². The molecule has 0 bridgehead atoms. The number of pyridine rings is 1. The first-order valence-electron chi connectivity index (χ1n) is 6.15. The number of rotatable bonds is 3. The van der Waals surface area contributed by atoms with Crippen molar-refractivity contribution in [3.8, 4) is 11.3 Å². The van der Waals surface area contributed by atoms with Crippen LogP contribution in [0.15, 0.2) is 34.9 Å². The predicted molar refractivity (Wildman–Crippen MR) is 66.0 cm³/mol. The fraction of sp³-hybridized carbons (Fsp3) is 0.357. The molecule has 1 aliphatic rings. The summed E-state index contributed by atoms with van der Waals surface area (Å²) in [7, 11) is 0. The number of nitrogens with zero attached hydrogens (tertiary/aromatic N) is 1. The van der Waals surface area contributed by atoms with Crippen LogP contribution in [0.3, 0.4) is 0 Å². The van der Waals surface area contributed by atoms with E-state index in [4.69, 9.17) is 13.9 Å². The summed E-state index contributed by atoms with van der Waals surface area (Å²) in [5.41, 5.74) is 2.09. The van der Waals surface area contributed by atoms with Gasteiger partial charge in [-0.2, -0.15) is 0 Å². The topological polar surface area (TPSA) is 44.5 Å². The van der Waals surface area contributed by atoms with Crippen molar-refractivity contribution in [1.29, 1.82) is 0 Å². The SMILES string of the molecule is CCc1cc(-c2ccc(C3OCCO3)o2)ccn1. The molecule has 1 saturated heterocycles. The molecule has 2 aromatic heterocycles. The molecule has 2 aromatic rings. The van der Waals surface area contributed by atoms with Crippen LogP contribution in [0.5, 0.6) is 0 Å². The van der Waals surface area contributed by atoms with E-state index in [1.54, 1.807) is 6.20 Å². The van der Waals surface area contributed by atoms with Gasteiger partial charge in [-0.15, -0.1) is 0 Å². The molecule has 0 atom stereocenters. The van der Waals surface area contributed by atoms with Crippen LogP contribution in [-0.4, -0.2) is 18.2 Å². The van der Waals surface area contributed by atoms with Crippen molar-refractivity contribution in [1.82, 2.24) is 4.98 Å². The van der Waals surface area contributed by atoms with Crippen LogP contribution in [0.4, 0.5) is 0 Å². The molecule has 0 unspecified atom stereocenters. The van der Waals surface area contributed by atoms with Gasteiger partial charge in [-0.25, -0.2) is 0 Å². The molecule has 0 spiro atoms. The molecule has 0 aliphatic carbocycles. The minimum atomic E-state index is -0.355. The fourth-order valence-corrected chi connectivity index (χ4v) is 1.98. The third kappa shape index (κ3) is 2.17. The highest BCUT2D eigenvalue weighted by Gasteiger charge is 2.22. The first-order chi connectivity index (χ1) is 8.86. The highest BCUT2D eigenvalue weighted by atomic mass is 16.7. The second-order valence-corrected chi connectivity index (χ2v) is 4.16. The molecule has 0 radical (unpaired) electrons. The van der Waals surface area contributed by atoms with Crippen LogP contribution in [0, 0.1) is 0 Å². The van der Waals surface area contributed by atoms with E-state index in [2.05, 4.69) is 11.9 Å². The lowest BCUT2D eigenvalue weighted by Crippen LogP contribution is -1.94. The van der Waals surface area contributed by atoms with E-state index in [9.17, 15) is 0 Å². The van der Waals surface area contributed by atoms with Gasteiger partial charge in [0.25, 0.3) is 0 Å². The molecule has 4 nitrogen and oxygen atoms in total. The maximum Gasteiger partial charge on any atom is 0.217 e. The molecule has 3 heterocycles. The maximum absolute atomic E-state index is 5.78. The number of hydrogen-bond donors (Lipinski definition) is 0. The first kappa shape index (κ1) is 11.4. The summed E-state index contributed by atoms with van der Waals surface area (Å²) in [6.07, 6.45) is 2.36. The van der Waals surface area contributed by atoms with Crippen molar-refractivity contribution in [2.45, 2.75) is 19.6 Å². The Labute approximate surface area is 106 Å². The summed E-state index contributed by atoms with van der Waals surface area (Å²) in [6, 6.07) is 7.82. The Balaban J connectivity index is 1.87. The molecule has 0 saturated carbocycles. The highest BCUT2D eigenvalue weighted by molar-refractivity contribution is 5.57. The number of aromatic nitrogens is 1. The van der Waals surface area contributed by atoms with Gasteiger partial charge in [0.2, 0.25) is 6.29 Å². The Kier molecular flexibility index (Phi) is 3.13.